The Hall–Kier alpha value is -2.98. The summed E-state index contributed by atoms with van der Waals surface area (Å²) in [6, 6.07) is 14.4. The van der Waals surface area contributed by atoms with Crippen LogP contribution in [0.15, 0.2) is 64.5 Å². The monoisotopic (exact) mass is 444 g/mol. The van der Waals surface area contributed by atoms with Crippen molar-refractivity contribution in [3.05, 3.63) is 70.3 Å². The van der Waals surface area contributed by atoms with Crippen LogP contribution < -0.4 is 4.72 Å². The highest BCUT2D eigenvalue weighted by Gasteiger charge is 2.20. The fraction of sp³-hybridized carbons (Fsp3) is 0.200. The number of non-ortho nitro benzene ring substituents is 1. The number of nitro groups is 1. The normalized spacial score (nSPS) is 11.5. The van der Waals surface area contributed by atoms with Gasteiger partial charge < -0.3 is 0 Å². The fourth-order valence-corrected chi connectivity index (χ4v) is 4.28. The second-order valence-corrected chi connectivity index (χ2v) is 9.23. The highest BCUT2D eigenvalue weighted by molar-refractivity contribution is 7.98. The predicted octanol–water partition coefficient (Wildman–Crippen LogP) is 4.70. The fourth-order valence-electron chi connectivity index (χ4n) is 2.89. The summed E-state index contributed by atoms with van der Waals surface area (Å²) in [5, 5.41) is 11.6. The van der Waals surface area contributed by atoms with Gasteiger partial charge in [-0.25, -0.2) is 23.1 Å². The first-order valence-corrected chi connectivity index (χ1v) is 11.7. The highest BCUT2D eigenvalue weighted by atomic mass is 32.2. The van der Waals surface area contributed by atoms with Crippen molar-refractivity contribution >= 4 is 33.4 Å². The summed E-state index contributed by atoms with van der Waals surface area (Å²) < 4.78 is 27.9. The molecule has 0 unspecified atom stereocenters. The van der Waals surface area contributed by atoms with Crippen molar-refractivity contribution in [3.8, 4) is 11.3 Å². The summed E-state index contributed by atoms with van der Waals surface area (Å²) in [5.74, 6) is 0.154. The van der Waals surface area contributed by atoms with E-state index in [0.29, 0.717) is 10.7 Å². The molecule has 0 spiro atoms. The number of nitrogens with one attached hydrogen (secondary N) is 1. The molecule has 2 aromatic carbocycles. The zero-order chi connectivity index (χ0) is 21.9. The second-order valence-electron chi connectivity index (χ2n) is 6.72. The van der Waals surface area contributed by atoms with Crippen molar-refractivity contribution in [3.63, 3.8) is 0 Å². The molecule has 0 aliphatic heterocycles. The molecular weight excluding hydrogens is 424 g/mol. The van der Waals surface area contributed by atoms with Gasteiger partial charge in [0, 0.05) is 17.7 Å². The van der Waals surface area contributed by atoms with E-state index < -0.39 is 14.9 Å². The first kappa shape index (κ1) is 21.7. The van der Waals surface area contributed by atoms with Crippen LogP contribution in [-0.2, 0) is 10.0 Å². The summed E-state index contributed by atoms with van der Waals surface area (Å²) in [4.78, 5) is 18.8. The maximum Gasteiger partial charge on any atom is 0.270 e. The molecular formula is C20H20N4O4S2. The summed E-state index contributed by atoms with van der Waals surface area (Å²) in [6.45, 7) is 4.14. The van der Waals surface area contributed by atoms with Gasteiger partial charge in [0.2, 0.25) is 5.95 Å². The molecule has 8 nitrogen and oxygen atoms in total. The van der Waals surface area contributed by atoms with Crippen LogP contribution in [0.25, 0.3) is 11.3 Å². The summed E-state index contributed by atoms with van der Waals surface area (Å²) in [6.07, 6.45) is 1.83. The summed E-state index contributed by atoms with van der Waals surface area (Å²) in [5.41, 5.74) is 2.25. The van der Waals surface area contributed by atoms with Gasteiger partial charge in [-0.2, -0.15) is 0 Å². The summed E-state index contributed by atoms with van der Waals surface area (Å²) in [7, 11) is -4.11. The maximum atomic E-state index is 12.8. The third-order valence-corrected chi connectivity index (χ3v) is 6.29. The van der Waals surface area contributed by atoms with Crippen LogP contribution in [0.2, 0.25) is 0 Å². The lowest BCUT2D eigenvalue weighted by Gasteiger charge is -2.14. The third-order valence-electron chi connectivity index (χ3n) is 4.33. The Kier molecular flexibility index (Phi) is 6.37. The zero-order valence-electron chi connectivity index (χ0n) is 16.6. The SMILES string of the molecule is CSc1cc(-c2ccccc2C(C)C)nc(NS(=O)(=O)c2cccc([N+](=O)[O-])c2)n1. The molecule has 1 heterocycles. The minimum atomic E-state index is -4.11. The molecule has 3 aromatic rings. The lowest BCUT2D eigenvalue weighted by atomic mass is 9.95. The van der Waals surface area contributed by atoms with Gasteiger partial charge in [-0.15, -0.1) is 11.8 Å². The van der Waals surface area contributed by atoms with Crippen molar-refractivity contribution in [2.45, 2.75) is 29.7 Å². The average Bonchev–Trinajstić information content (AvgIpc) is 2.73. The zero-order valence-corrected chi connectivity index (χ0v) is 18.2. The van der Waals surface area contributed by atoms with E-state index in [9.17, 15) is 18.5 Å². The van der Waals surface area contributed by atoms with E-state index >= 15 is 0 Å². The maximum absolute atomic E-state index is 12.8. The van der Waals surface area contributed by atoms with Crippen molar-refractivity contribution in [1.82, 2.24) is 9.97 Å². The summed E-state index contributed by atoms with van der Waals surface area (Å²) >= 11 is 1.36. The number of aromatic nitrogens is 2. The van der Waals surface area contributed by atoms with Gasteiger partial charge in [-0.3, -0.25) is 10.1 Å². The van der Waals surface area contributed by atoms with Crippen LogP contribution in [0, 0.1) is 10.1 Å². The Morgan fingerprint density at radius 2 is 1.80 bits per heavy atom. The molecule has 0 aliphatic rings. The molecule has 0 aliphatic carbocycles. The molecule has 1 N–H and O–H groups in total. The minimum Gasteiger partial charge on any atom is -0.258 e. The van der Waals surface area contributed by atoms with E-state index in [1.54, 1.807) is 6.07 Å². The molecule has 30 heavy (non-hydrogen) atoms. The minimum absolute atomic E-state index is 0.0954. The first-order chi connectivity index (χ1) is 14.2. The molecule has 0 amide bonds. The molecule has 0 atom stereocenters. The number of thioether (sulfide) groups is 1. The van der Waals surface area contributed by atoms with E-state index in [2.05, 4.69) is 28.5 Å². The number of rotatable bonds is 7. The number of sulfonamides is 1. The number of benzene rings is 2. The van der Waals surface area contributed by atoms with Gasteiger partial charge in [0.05, 0.1) is 15.5 Å². The average molecular weight is 445 g/mol. The van der Waals surface area contributed by atoms with Crippen molar-refractivity contribution in [2.24, 2.45) is 0 Å². The van der Waals surface area contributed by atoms with Crippen LogP contribution in [-0.4, -0.2) is 29.6 Å². The van der Waals surface area contributed by atoms with Gasteiger partial charge in [0.25, 0.3) is 15.7 Å². The van der Waals surface area contributed by atoms with Crippen LogP contribution in [0.5, 0.6) is 0 Å². The third kappa shape index (κ3) is 4.77. The molecule has 10 heteroatoms. The predicted molar refractivity (Wildman–Crippen MR) is 117 cm³/mol. The van der Waals surface area contributed by atoms with Gasteiger partial charge >= 0.3 is 0 Å². The Morgan fingerprint density at radius 3 is 2.47 bits per heavy atom. The van der Waals surface area contributed by atoms with Crippen molar-refractivity contribution in [2.75, 3.05) is 11.0 Å². The Labute approximate surface area is 179 Å². The largest absolute Gasteiger partial charge is 0.270 e. The molecule has 3 rings (SSSR count). The lowest BCUT2D eigenvalue weighted by Crippen LogP contribution is -2.16. The van der Waals surface area contributed by atoms with E-state index in [1.807, 2.05) is 30.5 Å². The molecule has 0 radical (unpaired) electrons. The van der Waals surface area contributed by atoms with E-state index in [4.69, 9.17) is 0 Å². The highest BCUT2D eigenvalue weighted by Crippen LogP contribution is 2.30. The number of hydrogen-bond donors (Lipinski definition) is 1. The number of hydrogen-bond acceptors (Lipinski definition) is 7. The first-order valence-electron chi connectivity index (χ1n) is 9.01. The van der Waals surface area contributed by atoms with E-state index in [0.717, 1.165) is 17.2 Å². The van der Waals surface area contributed by atoms with Crippen LogP contribution in [0.3, 0.4) is 0 Å². The molecule has 0 saturated carbocycles. The Bertz CT molecular complexity index is 1200. The van der Waals surface area contributed by atoms with Crippen LogP contribution in [0.1, 0.15) is 25.3 Å². The molecule has 0 bridgehead atoms. The topological polar surface area (TPSA) is 115 Å². The van der Waals surface area contributed by atoms with Gasteiger partial charge in [-0.1, -0.05) is 44.2 Å². The van der Waals surface area contributed by atoms with Gasteiger partial charge in [0.15, 0.2) is 0 Å². The van der Waals surface area contributed by atoms with Crippen LogP contribution >= 0.6 is 11.8 Å². The molecule has 0 fully saturated rings. The Balaban J connectivity index is 2.05. The van der Waals surface area contributed by atoms with Gasteiger partial charge in [0.1, 0.15) is 5.03 Å². The van der Waals surface area contributed by atoms with E-state index in [1.165, 1.54) is 30.0 Å². The van der Waals surface area contributed by atoms with Crippen LogP contribution in [0.4, 0.5) is 11.6 Å². The van der Waals surface area contributed by atoms with Crippen molar-refractivity contribution in [1.29, 1.82) is 0 Å². The standard InChI is InChI=1S/C20H20N4O4S2/c1-13(2)16-9-4-5-10-17(16)18-12-19(29-3)22-20(21-18)23-30(27,28)15-8-6-7-14(11-15)24(25)26/h4-13H,1-3H3,(H,21,22,23). The van der Waals surface area contributed by atoms with Crippen molar-refractivity contribution < 1.29 is 13.3 Å². The molecule has 156 valence electrons. The quantitative estimate of drug-likeness (QED) is 0.243. The lowest BCUT2D eigenvalue weighted by molar-refractivity contribution is -0.385. The van der Waals surface area contributed by atoms with Gasteiger partial charge in [-0.05, 0) is 29.9 Å². The number of nitrogens with zero attached hydrogens (tertiary/aromatic N) is 3. The second kappa shape index (κ2) is 8.80. The van der Waals surface area contributed by atoms with E-state index in [-0.39, 0.29) is 22.4 Å². The number of anilines is 1. The smallest absolute Gasteiger partial charge is 0.258 e. The molecule has 1 aromatic heterocycles. The molecule has 0 saturated heterocycles. The Morgan fingerprint density at radius 1 is 1.07 bits per heavy atom. The number of nitro benzene ring substituents is 1.